The third-order valence-electron chi connectivity index (χ3n) is 2.63. The molecule has 7 heteroatoms. The van der Waals surface area contributed by atoms with E-state index in [0.717, 1.165) is 22.2 Å². The van der Waals surface area contributed by atoms with E-state index >= 15 is 0 Å². The van der Waals surface area contributed by atoms with E-state index in [1.165, 1.54) is 0 Å². The highest BCUT2D eigenvalue weighted by atomic mass is 32.1. The van der Waals surface area contributed by atoms with Gasteiger partial charge in [-0.2, -0.15) is 0 Å². The fraction of sp³-hybridized carbons (Fsp3) is 0.250. The molecule has 19 heavy (non-hydrogen) atoms. The summed E-state index contributed by atoms with van der Waals surface area (Å²) >= 11 is 1.55. The number of furan rings is 1. The van der Waals surface area contributed by atoms with Crippen LogP contribution in [0.25, 0.3) is 10.8 Å². The molecular weight excluding hydrogens is 262 g/mol. The van der Waals surface area contributed by atoms with Gasteiger partial charge in [0.15, 0.2) is 10.8 Å². The van der Waals surface area contributed by atoms with Crippen LogP contribution < -0.4 is 5.73 Å². The quantitative estimate of drug-likeness (QED) is 0.788. The maximum Gasteiger partial charge on any atom is 0.162 e. The molecule has 0 radical (unpaired) electrons. The van der Waals surface area contributed by atoms with E-state index in [2.05, 4.69) is 15.3 Å². The van der Waals surface area contributed by atoms with Gasteiger partial charge in [0.1, 0.15) is 0 Å². The number of nitrogens with zero attached hydrogens (tertiary/aromatic N) is 4. The Hall–Kier alpha value is -1.99. The second kappa shape index (κ2) is 4.94. The molecule has 0 aromatic carbocycles. The molecule has 98 valence electrons. The van der Waals surface area contributed by atoms with Crippen LogP contribution in [0.1, 0.15) is 24.4 Å². The summed E-state index contributed by atoms with van der Waals surface area (Å²) in [7, 11) is 0. The highest BCUT2D eigenvalue weighted by molar-refractivity contribution is 7.13. The summed E-state index contributed by atoms with van der Waals surface area (Å²) in [6.45, 7) is 2.46. The van der Waals surface area contributed by atoms with Crippen molar-refractivity contribution >= 4 is 11.3 Å². The minimum absolute atomic E-state index is 0.108. The SMILES string of the molecule is CC(N)c1cn(Cc2csc(-c3ccco3)n2)nn1. The standard InChI is InChI=1S/C12H13N5OS/c1-8(13)10-6-17(16-15-10)5-9-7-19-12(14-9)11-3-2-4-18-11/h2-4,6-8H,5,13H2,1H3. The van der Waals surface area contributed by atoms with Crippen molar-refractivity contribution < 1.29 is 4.42 Å². The first-order valence-electron chi connectivity index (χ1n) is 5.86. The lowest BCUT2D eigenvalue weighted by Crippen LogP contribution is -2.05. The molecule has 0 saturated heterocycles. The fourth-order valence-electron chi connectivity index (χ4n) is 1.66. The molecule has 0 spiro atoms. The van der Waals surface area contributed by atoms with E-state index in [-0.39, 0.29) is 6.04 Å². The van der Waals surface area contributed by atoms with Gasteiger partial charge in [-0.1, -0.05) is 5.21 Å². The van der Waals surface area contributed by atoms with Gasteiger partial charge in [0.05, 0.1) is 30.4 Å². The van der Waals surface area contributed by atoms with Gasteiger partial charge in [-0.25, -0.2) is 9.67 Å². The van der Waals surface area contributed by atoms with Gasteiger partial charge >= 0.3 is 0 Å². The van der Waals surface area contributed by atoms with E-state index in [9.17, 15) is 0 Å². The summed E-state index contributed by atoms with van der Waals surface area (Å²) in [5, 5.41) is 10.9. The van der Waals surface area contributed by atoms with Crippen molar-refractivity contribution in [3.05, 3.63) is 41.4 Å². The molecule has 2 N–H and O–H groups in total. The van der Waals surface area contributed by atoms with Gasteiger partial charge < -0.3 is 10.2 Å². The predicted molar refractivity (Wildman–Crippen MR) is 71.5 cm³/mol. The second-order valence-corrected chi connectivity index (χ2v) is 5.11. The lowest BCUT2D eigenvalue weighted by atomic mass is 10.3. The summed E-state index contributed by atoms with van der Waals surface area (Å²) in [6, 6.07) is 3.64. The van der Waals surface area contributed by atoms with E-state index in [4.69, 9.17) is 10.2 Å². The van der Waals surface area contributed by atoms with Gasteiger partial charge in [0.25, 0.3) is 0 Å². The second-order valence-electron chi connectivity index (χ2n) is 4.25. The predicted octanol–water partition coefficient (Wildman–Crippen LogP) is 2.06. The summed E-state index contributed by atoms with van der Waals surface area (Å²) in [4.78, 5) is 4.51. The first kappa shape index (κ1) is 12.1. The molecule has 0 aliphatic rings. The van der Waals surface area contributed by atoms with Crippen LogP contribution in [-0.4, -0.2) is 20.0 Å². The zero-order valence-electron chi connectivity index (χ0n) is 10.4. The first-order valence-corrected chi connectivity index (χ1v) is 6.74. The van der Waals surface area contributed by atoms with Crippen molar-refractivity contribution in [3.63, 3.8) is 0 Å². The van der Waals surface area contributed by atoms with Gasteiger partial charge in [-0.05, 0) is 19.1 Å². The van der Waals surface area contributed by atoms with Crippen molar-refractivity contribution in [1.29, 1.82) is 0 Å². The van der Waals surface area contributed by atoms with Crippen LogP contribution in [-0.2, 0) is 6.54 Å². The number of hydrogen-bond donors (Lipinski definition) is 1. The number of hydrogen-bond acceptors (Lipinski definition) is 6. The topological polar surface area (TPSA) is 82.8 Å². The van der Waals surface area contributed by atoms with E-state index in [1.807, 2.05) is 30.6 Å². The maximum atomic E-state index is 5.75. The molecule has 3 aromatic rings. The lowest BCUT2D eigenvalue weighted by molar-refractivity contribution is 0.581. The monoisotopic (exact) mass is 275 g/mol. The van der Waals surface area contributed by atoms with E-state index in [1.54, 1.807) is 22.3 Å². The molecule has 0 amide bonds. The Labute approximate surface area is 113 Å². The molecule has 0 fully saturated rings. The summed E-state index contributed by atoms with van der Waals surface area (Å²) < 4.78 is 7.05. The average molecular weight is 275 g/mol. The Morgan fingerprint density at radius 1 is 1.53 bits per heavy atom. The Bertz CT molecular complexity index is 655. The number of rotatable bonds is 4. The Morgan fingerprint density at radius 3 is 3.11 bits per heavy atom. The van der Waals surface area contributed by atoms with Crippen LogP contribution in [0.3, 0.4) is 0 Å². The van der Waals surface area contributed by atoms with Gasteiger partial charge in [0, 0.05) is 11.4 Å². The third-order valence-corrected chi connectivity index (χ3v) is 3.54. The largest absolute Gasteiger partial charge is 0.462 e. The van der Waals surface area contributed by atoms with E-state index in [0.29, 0.717) is 6.54 Å². The highest BCUT2D eigenvalue weighted by Gasteiger charge is 2.09. The normalized spacial score (nSPS) is 12.7. The lowest BCUT2D eigenvalue weighted by Gasteiger charge is -1.97. The number of thiazole rings is 1. The zero-order chi connectivity index (χ0) is 13.2. The first-order chi connectivity index (χ1) is 9.22. The Balaban J connectivity index is 1.76. The summed E-state index contributed by atoms with van der Waals surface area (Å²) in [6.07, 6.45) is 3.49. The molecule has 3 aromatic heterocycles. The molecule has 0 aliphatic heterocycles. The van der Waals surface area contributed by atoms with Crippen LogP contribution in [0.15, 0.2) is 34.4 Å². The summed E-state index contributed by atoms with van der Waals surface area (Å²) in [5.74, 6) is 0.783. The smallest absolute Gasteiger partial charge is 0.162 e. The van der Waals surface area contributed by atoms with Crippen LogP contribution >= 0.6 is 11.3 Å². The average Bonchev–Trinajstić information content (AvgIpc) is 3.09. The van der Waals surface area contributed by atoms with Crippen molar-refractivity contribution in [2.45, 2.75) is 19.5 Å². The molecule has 3 heterocycles. The zero-order valence-corrected chi connectivity index (χ0v) is 11.2. The number of nitrogens with two attached hydrogens (primary N) is 1. The molecule has 0 aliphatic carbocycles. The van der Waals surface area contributed by atoms with E-state index < -0.39 is 0 Å². The molecule has 1 atom stereocenters. The number of aromatic nitrogens is 4. The fourth-order valence-corrected chi connectivity index (χ4v) is 2.44. The Kier molecular flexibility index (Phi) is 3.14. The van der Waals surface area contributed by atoms with Crippen molar-refractivity contribution in [2.75, 3.05) is 0 Å². The Morgan fingerprint density at radius 2 is 2.42 bits per heavy atom. The van der Waals surface area contributed by atoms with Crippen molar-refractivity contribution in [1.82, 2.24) is 20.0 Å². The van der Waals surface area contributed by atoms with Crippen LogP contribution in [0.4, 0.5) is 0 Å². The molecule has 6 nitrogen and oxygen atoms in total. The molecular formula is C12H13N5OS. The van der Waals surface area contributed by atoms with Gasteiger partial charge in [-0.3, -0.25) is 0 Å². The van der Waals surface area contributed by atoms with Gasteiger partial charge in [0.2, 0.25) is 0 Å². The minimum atomic E-state index is -0.108. The van der Waals surface area contributed by atoms with Gasteiger partial charge in [-0.15, -0.1) is 16.4 Å². The third kappa shape index (κ3) is 2.56. The molecule has 0 bridgehead atoms. The van der Waals surface area contributed by atoms with Crippen molar-refractivity contribution in [2.24, 2.45) is 5.73 Å². The summed E-state index contributed by atoms with van der Waals surface area (Å²) in [5.41, 5.74) is 7.45. The van der Waals surface area contributed by atoms with Crippen LogP contribution in [0.5, 0.6) is 0 Å². The molecule has 0 saturated carbocycles. The minimum Gasteiger partial charge on any atom is -0.462 e. The van der Waals surface area contributed by atoms with Crippen LogP contribution in [0.2, 0.25) is 0 Å². The maximum absolute atomic E-state index is 5.75. The molecule has 3 rings (SSSR count). The highest BCUT2D eigenvalue weighted by Crippen LogP contribution is 2.24. The van der Waals surface area contributed by atoms with Crippen LogP contribution in [0, 0.1) is 0 Å². The van der Waals surface area contributed by atoms with Crippen molar-refractivity contribution in [3.8, 4) is 10.8 Å². The molecule has 1 unspecified atom stereocenters.